The molecule has 4 rings (SSSR count). The van der Waals surface area contributed by atoms with Crippen LogP contribution in [0.15, 0.2) is 60.9 Å². The van der Waals surface area contributed by atoms with Crippen LogP contribution in [0.1, 0.15) is 28.8 Å². The van der Waals surface area contributed by atoms with Crippen molar-refractivity contribution < 1.29 is 9.53 Å². The first-order valence-corrected chi connectivity index (χ1v) is 8.61. The third-order valence-electron chi connectivity index (χ3n) is 4.51. The Morgan fingerprint density at radius 2 is 1.96 bits per heavy atom. The minimum Gasteiger partial charge on any atom is -0.488 e. The minimum absolute atomic E-state index is 0.437. The van der Waals surface area contributed by atoms with Gasteiger partial charge in [0.15, 0.2) is 6.29 Å². The summed E-state index contributed by atoms with van der Waals surface area (Å²) in [5.41, 5.74) is 3.46. The molecular formula is C21H20N2O2. The van der Waals surface area contributed by atoms with Crippen molar-refractivity contribution in [2.45, 2.75) is 26.0 Å². The normalized spacial score (nSPS) is 13.6. The zero-order valence-electron chi connectivity index (χ0n) is 14.0. The fourth-order valence-electron chi connectivity index (χ4n) is 2.95. The molecular weight excluding hydrogens is 312 g/mol. The van der Waals surface area contributed by atoms with Crippen LogP contribution in [-0.2, 0) is 13.2 Å². The maximum atomic E-state index is 11.7. The molecule has 25 heavy (non-hydrogen) atoms. The topological polar surface area (TPSA) is 44.1 Å². The van der Waals surface area contributed by atoms with Crippen LogP contribution in [-0.4, -0.2) is 16.1 Å². The molecule has 1 aromatic heterocycles. The second kappa shape index (κ2) is 6.93. The van der Waals surface area contributed by atoms with Crippen molar-refractivity contribution in [1.82, 2.24) is 9.78 Å². The number of hydrogen-bond donors (Lipinski definition) is 0. The smallest absolute Gasteiger partial charge is 0.154 e. The molecule has 0 aliphatic heterocycles. The second-order valence-corrected chi connectivity index (χ2v) is 6.50. The summed E-state index contributed by atoms with van der Waals surface area (Å²) in [5, 5.41) is 4.43. The van der Waals surface area contributed by atoms with Gasteiger partial charge in [-0.3, -0.25) is 9.48 Å². The highest BCUT2D eigenvalue weighted by Crippen LogP contribution is 2.32. The SMILES string of the molecule is O=Cc1c(OCc2ccccc2)cccc1-c1cnn(CC2CC2)c1. The Balaban J connectivity index is 1.57. The first-order chi connectivity index (χ1) is 12.3. The molecule has 0 bridgehead atoms. The lowest BCUT2D eigenvalue weighted by molar-refractivity contribution is 0.111. The number of benzene rings is 2. The maximum absolute atomic E-state index is 11.7. The minimum atomic E-state index is 0.437. The summed E-state index contributed by atoms with van der Waals surface area (Å²) in [4.78, 5) is 11.7. The molecule has 0 atom stereocenters. The van der Waals surface area contributed by atoms with Gasteiger partial charge in [0.05, 0.1) is 11.8 Å². The highest BCUT2D eigenvalue weighted by molar-refractivity contribution is 5.90. The van der Waals surface area contributed by atoms with Crippen LogP contribution in [0.25, 0.3) is 11.1 Å². The molecule has 1 aliphatic rings. The monoisotopic (exact) mass is 332 g/mol. The van der Waals surface area contributed by atoms with Crippen LogP contribution in [0.2, 0.25) is 0 Å². The molecule has 0 radical (unpaired) electrons. The molecule has 1 saturated carbocycles. The highest BCUT2D eigenvalue weighted by Gasteiger charge is 2.22. The van der Waals surface area contributed by atoms with Crippen LogP contribution in [0, 0.1) is 5.92 Å². The Morgan fingerprint density at radius 3 is 2.72 bits per heavy atom. The van der Waals surface area contributed by atoms with E-state index >= 15 is 0 Å². The molecule has 1 heterocycles. The van der Waals surface area contributed by atoms with Gasteiger partial charge in [0.2, 0.25) is 0 Å². The number of aromatic nitrogens is 2. The first kappa shape index (κ1) is 15.6. The number of ether oxygens (including phenoxy) is 1. The molecule has 3 aromatic rings. The largest absolute Gasteiger partial charge is 0.488 e. The van der Waals surface area contributed by atoms with Crippen LogP contribution < -0.4 is 4.74 Å². The van der Waals surface area contributed by atoms with Crippen LogP contribution in [0.5, 0.6) is 5.75 Å². The fourth-order valence-corrected chi connectivity index (χ4v) is 2.95. The van der Waals surface area contributed by atoms with E-state index in [0.717, 1.165) is 35.4 Å². The zero-order valence-corrected chi connectivity index (χ0v) is 14.0. The molecule has 0 spiro atoms. The summed E-state index contributed by atoms with van der Waals surface area (Å²) in [6.45, 7) is 1.40. The van der Waals surface area contributed by atoms with Gasteiger partial charge in [-0.15, -0.1) is 0 Å². The van der Waals surface area contributed by atoms with Crippen molar-refractivity contribution in [3.63, 3.8) is 0 Å². The van der Waals surface area contributed by atoms with Crippen LogP contribution in [0.3, 0.4) is 0 Å². The van der Waals surface area contributed by atoms with E-state index in [9.17, 15) is 4.79 Å². The lowest BCUT2D eigenvalue weighted by Crippen LogP contribution is -2.00. The highest BCUT2D eigenvalue weighted by atomic mass is 16.5. The van der Waals surface area contributed by atoms with Crippen molar-refractivity contribution in [2.24, 2.45) is 5.92 Å². The Bertz CT molecular complexity index is 867. The number of nitrogens with zero attached hydrogens (tertiary/aromatic N) is 2. The summed E-state index contributed by atoms with van der Waals surface area (Å²) in [6.07, 6.45) is 7.29. The number of hydrogen-bond acceptors (Lipinski definition) is 3. The molecule has 0 amide bonds. The molecule has 2 aromatic carbocycles. The van der Waals surface area contributed by atoms with E-state index in [4.69, 9.17) is 4.74 Å². The van der Waals surface area contributed by atoms with E-state index in [1.54, 1.807) is 0 Å². The summed E-state index contributed by atoms with van der Waals surface area (Å²) in [5.74, 6) is 1.37. The average molecular weight is 332 g/mol. The van der Waals surface area contributed by atoms with Crippen molar-refractivity contribution in [1.29, 1.82) is 0 Å². The van der Waals surface area contributed by atoms with Crippen LogP contribution >= 0.6 is 0 Å². The Kier molecular flexibility index (Phi) is 4.34. The molecule has 1 aliphatic carbocycles. The average Bonchev–Trinajstić information content (AvgIpc) is 3.35. The molecule has 126 valence electrons. The summed E-state index contributed by atoms with van der Waals surface area (Å²) in [6, 6.07) is 15.6. The van der Waals surface area contributed by atoms with Gasteiger partial charge in [0.1, 0.15) is 12.4 Å². The molecule has 4 heteroatoms. The molecule has 0 N–H and O–H groups in total. The van der Waals surface area contributed by atoms with E-state index < -0.39 is 0 Å². The van der Waals surface area contributed by atoms with Crippen molar-refractivity contribution in [2.75, 3.05) is 0 Å². The third-order valence-corrected chi connectivity index (χ3v) is 4.51. The number of carbonyl (C=O) groups is 1. The van der Waals surface area contributed by atoms with Crippen molar-refractivity contribution >= 4 is 6.29 Å². The maximum Gasteiger partial charge on any atom is 0.154 e. The zero-order chi connectivity index (χ0) is 17.1. The number of aldehydes is 1. The summed E-state index contributed by atoms with van der Waals surface area (Å²) < 4.78 is 7.87. The van der Waals surface area contributed by atoms with Gasteiger partial charge in [-0.1, -0.05) is 42.5 Å². The molecule has 4 nitrogen and oxygen atoms in total. The Labute approximate surface area is 147 Å². The van der Waals surface area contributed by atoms with Gasteiger partial charge in [-0.05, 0) is 36.0 Å². The first-order valence-electron chi connectivity index (χ1n) is 8.61. The van der Waals surface area contributed by atoms with Crippen molar-refractivity contribution in [3.8, 4) is 16.9 Å². The Hall–Kier alpha value is -2.88. The van der Waals surface area contributed by atoms with Gasteiger partial charge in [-0.2, -0.15) is 5.10 Å². The van der Waals surface area contributed by atoms with E-state index in [2.05, 4.69) is 5.10 Å². The standard InChI is InChI=1S/C21H20N2O2/c24-14-20-19(18-11-22-23(13-18)12-16-9-10-16)7-4-8-21(20)25-15-17-5-2-1-3-6-17/h1-8,11,13-14,16H,9-10,12,15H2. The van der Waals surface area contributed by atoms with E-state index in [-0.39, 0.29) is 0 Å². The van der Waals surface area contributed by atoms with E-state index in [1.165, 1.54) is 12.8 Å². The van der Waals surface area contributed by atoms with Gasteiger partial charge < -0.3 is 4.74 Å². The van der Waals surface area contributed by atoms with Gasteiger partial charge in [0.25, 0.3) is 0 Å². The third kappa shape index (κ3) is 3.63. The van der Waals surface area contributed by atoms with Gasteiger partial charge >= 0.3 is 0 Å². The lowest BCUT2D eigenvalue weighted by atomic mass is 10.0. The lowest BCUT2D eigenvalue weighted by Gasteiger charge is -2.11. The van der Waals surface area contributed by atoms with Crippen LogP contribution in [0.4, 0.5) is 0 Å². The second-order valence-electron chi connectivity index (χ2n) is 6.50. The fraction of sp³-hybridized carbons (Fsp3) is 0.238. The predicted octanol–water partition coefficient (Wildman–Crippen LogP) is 4.35. The molecule has 0 saturated heterocycles. The number of rotatable bonds is 7. The summed E-state index contributed by atoms with van der Waals surface area (Å²) in [7, 11) is 0. The predicted molar refractivity (Wildman–Crippen MR) is 96.5 cm³/mol. The van der Waals surface area contributed by atoms with Crippen molar-refractivity contribution in [3.05, 3.63) is 72.1 Å². The number of carbonyl (C=O) groups excluding carboxylic acids is 1. The van der Waals surface area contributed by atoms with E-state index in [1.807, 2.05) is 65.6 Å². The molecule has 1 fully saturated rings. The quantitative estimate of drug-likeness (QED) is 0.604. The van der Waals surface area contributed by atoms with E-state index in [0.29, 0.717) is 17.9 Å². The summed E-state index contributed by atoms with van der Waals surface area (Å²) >= 11 is 0. The van der Waals surface area contributed by atoms with Gasteiger partial charge in [0, 0.05) is 18.3 Å². The van der Waals surface area contributed by atoms with Gasteiger partial charge in [-0.25, -0.2) is 0 Å². The molecule has 0 unspecified atom stereocenters. The Morgan fingerprint density at radius 1 is 1.12 bits per heavy atom.